The molecule has 19 heavy (non-hydrogen) atoms. The fourth-order valence-corrected chi connectivity index (χ4v) is 2.29. The van der Waals surface area contributed by atoms with Gasteiger partial charge in [-0.15, -0.1) is 0 Å². The first kappa shape index (κ1) is 15.7. The van der Waals surface area contributed by atoms with Gasteiger partial charge in [0.15, 0.2) is 0 Å². The average Bonchev–Trinajstić information content (AvgIpc) is 2.27. The second-order valence-corrected chi connectivity index (χ2v) is 5.36. The first-order valence-corrected chi connectivity index (χ1v) is 6.55. The zero-order chi connectivity index (χ0) is 14.7. The largest absolute Gasteiger partial charge is 0.489 e. The van der Waals surface area contributed by atoms with Crippen LogP contribution >= 0.6 is 0 Å². The minimum atomic E-state index is -1.64. The molecule has 0 bridgehead atoms. The molecule has 0 saturated heterocycles. The van der Waals surface area contributed by atoms with E-state index in [4.69, 9.17) is 0 Å². The van der Waals surface area contributed by atoms with Gasteiger partial charge in [-0.25, -0.2) is 0 Å². The van der Waals surface area contributed by atoms with Crippen LogP contribution in [0.4, 0.5) is 0 Å². The van der Waals surface area contributed by atoms with Gasteiger partial charge in [0.05, 0.1) is 0 Å². The van der Waals surface area contributed by atoms with Gasteiger partial charge in [0.1, 0.15) is 0 Å². The number of carbonyl (C=O) groups is 1. The maximum Gasteiger partial charge on any atom is 0.489 e. The van der Waals surface area contributed by atoms with Gasteiger partial charge in [0, 0.05) is 17.6 Å². The van der Waals surface area contributed by atoms with E-state index >= 15 is 0 Å². The summed E-state index contributed by atoms with van der Waals surface area (Å²) < 4.78 is 0. The zero-order valence-corrected chi connectivity index (χ0v) is 12.2. The predicted molar refractivity (Wildman–Crippen MR) is 77.4 cm³/mol. The van der Waals surface area contributed by atoms with Crippen molar-refractivity contribution in [2.45, 2.75) is 46.7 Å². The lowest BCUT2D eigenvalue weighted by atomic mass is 9.76. The Morgan fingerprint density at radius 1 is 1.16 bits per heavy atom. The standard InChI is InChI=1S/C14H22BNO3/c1-9(2)16(10(3)4)14(17)12-7-6-11(5)8-13(12)15(18)19/h6-10,18-19H,1-5H3. The monoisotopic (exact) mass is 263 g/mol. The highest BCUT2D eigenvalue weighted by Gasteiger charge is 2.27. The van der Waals surface area contributed by atoms with Gasteiger partial charge in [-0.1, -0.05) is 17.7 Å². The van der Waals surface area contributed by atoms with Gasteiger partial charge in [0.2, 0.25) is 0 Å². The SMILES string of the molecule is Cc1ccc(C(=O)N(C(C)C)C(C)C)c(B(O)O)c1. The second-order valence-electron chi connectivity index (χ2n) is 5.36. The summed E-state index contributed by atoms with van der Waals surface area (Å²) in [6.45, 7) is 9.63. The Bertz CT molecular complexity index is 450. The summed E-state index contributed by atoms with van der Waals surface area (Å²) in [5, 5.41) is 18.8. The van der Waals surface area contributed by atoms with E-state index in [-0.39, 0.29) is 23.5 Å². The summed E-state index contributed by atoms with van der Waals surface area (Å²) in [6.07, 6.45) is 0. The molecule has 1 aromatic rings. The second kappa shape index (κ2) is 6.22. The highest BCUT2D eigenvalue weighted by Crippen LogP contribution is 2.12. The molecule has 0 aliphatic carbocycles. The number of amides is 1. The van der Waals surface area contributed by atoms with Crippen molar-refractivity contribution in [3.63, 3.8) is 0 Å². The van der Waals surface area contributed by atoms with E-state index in [1.807, 2.05) is 34.6 Å². The van der Waals surface area contributed by atoms with Crippen molar-refractivity contribution in [2.24, 2.45) is 0 Å². The molecule has 2 N–H and O–H groups in total. The van der Waals surface area contributed by atoms with E-state index in [2.05, 4.69) is 0 Å². The molecular formula is C14H22BNO3. The van der Waals surface area contributed by atoms with Crippen LogP contribution in [0.3, 0.4) is 0 Å². The minimum absolute atomic E-state index is 0.0532. The first-order valence-electron chi connectivity index (χ1n) is 6.55. The maximum atomic E-state index is 12.6. The summed E-state index contributed by atoms with van der Waals surface area (Å²) >= 11 is 0. The first-order chi connectivity index (χ1) is 8.75. The van der Waals surface area contributed by atoms with Crippen LogP contribution in [0.1, 0.15) is 43.6 Å². The van der Waals surface area contributed by atoms with Crippen LogP contribution in [-0.2, 0) is 0 Å². The molecule has 0 spiro atoms. The number of hydrogen-bond donors (Lipinski definition) is 2. The van der Waals surface area contributed by atoms with E-state index in [9.17, 15) is 14.8 Å². The smallest absolute Gasteiger partial charge is 0.423 e. The molecule has 0 unspecified atom stereocenters. The van der Waals surface area contributed by atoms with Crippen LogP contribution in [0.15, 0.2) is 18.2 Å². The fourth-order valence-electron chi connectivity index (χ4n) is 2.29. The lowest BCUT2D eigenvalue weighted by molar-refractivity contribution is 0.0644. The predicted octanol–water partition coefficient (Wildman–Crippen LogP) is 0.934. The molecule has 4 nitrogen and oxygen atoms in total. The fraction of sp³-hybridized carbons (Fsp3) is 0.500. The Morgan fingerprint density at radius 3 is 2.11 bits per heavy atom. The molecule has 0 radical (unpaired) electrons. The van der Waals surface area contributed by atoms with Gasteiger partial charge in [-0.2, -0.15) is 0 Å². The Morgan fingerprint density at radius 2 is 1.68 bits per heavy atom. The molecule has 0 fully saturated rings. The third kappa shape index (κ3) is 3.58. The van der Waals surface area contributed by atoms with E-state index < -0.39 is 7.12 Å². The van der Waals surface area contributed by atoms with E-state index in [0.717, 1.165) is 5.56 Å². The van der Waals surface area contributed by atoms with Crippen molar-refractivity contribution in [3.8, 4) is 0 Å². The van der Waals surface area contributed by atoms with Gasteiger partial charge in [-0.3, -0.25) is 4.79 Å². The summed E-state index contributed by atoms with van der Waals surface area (Å²) in [5.74, 6) is -0.173. The molecule has 0 atom stereocenters. The van der Waals surface area contributed by atoms with Crippen LogP contribution < -0.4 is 5.46 Å². The highest BCUT2D eigenvalue weighted by atomic mass is 16.4. The Hall–Kier alpha value is -1.33. The normalized spacial score (nSPS) is 11.0. The molecule has 5 heteroatoms. The summed E-state index contributed by atoms with van der Waals surface area (Å²) in [4.78, 5) is 14.3. The Kier molecular flexibility index (Phi) is 5.15. The van der Waals surface area contributed by atoms with Crippen molar-refractivity contribution < 1.29 is 14.8 Å². The van der Waals surface area contributed by atoms with E-state index in [1.165, 1.54) is 0 Å². The molecule has 0 aliphatic rings. The molecule has 0 heterocycles. The number of nitrogens with zero attached hydrogens (tertiary/aromatic N) is 1. The molecule has 104 valence electrons. The zero-order valence-electron chi connectivity index (χ0n) is 12.2. The summed E-state index contributed by atoms with van der Waals surface area (Å²) in [6, 6.07) is 5.20. The van der Waals surface area contributed by atoms with Gasteiger partial charge >= 0.3 is 7.12 Å². The van der Waals surface area contributed by atoms with E-state index in [1.54, 1.807) is 23.1 Å². The van der Waals surface area contributed by atoms with Crippen molar-refractivity contribution in [3.05, 3.63) is 29.3 Å². The third-order valence-corrected chi connectivity index (χ3v) is 3.06. The minimum Gasteiger partial charge on any atom is -0.423 e. The van der Waals surface area contributed by atoms with Crippen LogP contribution in [0.25, 0.3) is 0 Å². The van der Waals surface area contributed by atoms with Crippen LogP contribution in [-0.4, -0.2) is 40.1 Å². The molecule has 1 rings (SSSR count). The topological polar surface area (TPSA) is 60.8 Å². The molecule has 0 saturated carbocycles. The maximum absolute atomic E-state index is 12.6. The van der Waals surface area contributed by atoms with Gasteiger partial charge in [0.25, 0.3) is 5.91 Å². The number of aryl methyl sites for hydroxylation is 1. The lowest BCUT2D eigenvalue weighted by Gasteiger charge is -2.31. The summed E-state index contributed by atoms with van der Waals surface area (Å²) in [7, 11) is -1.64. The molecule has 1 aromatic carbocycles. The number of hydrogen-bond acceptors (Lipinski definition) is 3. The lowest BCUT2D eigenvalue weighted by Crippen LogP contribution is -2.46. The number of carbonyl (C=O) groups excluding carboxylic acids is 1. The third-order valence-electron chi connectivity index (χ3n) is 3.06. The molecule has 0 aliphatic heterocycles. The molecular weight excluding hydrogens is 241 g/mol. The van der Waals surface area contributed by atoms with Crippen LogP contribution in [0.5, 0.6) is 0 Å². The van der Waals surface area contributed by atoms with Crippen molar-refractivity contribution in [1.82, 2.24) is 4.90 Å². The highest BCUT2D eigenvalue weighted by molar-refractivity contribution is 6.60. The van der Waals surface area contributed by atoms with E-state index in [0.29, 0.717) is 5.56 Å². The van der Waals surface area contributed by atoms with Crippen molar-refractivity contribution >= 4 is 18.5 Å². The van der Waals surface area contributed by atoms with Crippen molar-refractivity contribution in [2.75, 3.05) is 0 Å². The van der Waals surface area contributed by atoms with Gasteiger partial charge < -0.3 is 14.9 Å². The van der Waals surface area contributed by atoms with Gasteiger partial charge in [-0.05, 0) is 46.1 Å². The Balaban J connectivity index is 3.25. The van der Waals surface area contributed by atoms with Crippen LogP contribution in [0, 0.1) is 6.92 Å². The Labute approximate surface area is 115 Å². The quantitative estimate of drug-likeness (QED) is 0.794. The number of rotatable bonds is 4. The van der Waals surface area contributed by atoms with Crippen LogP contribution in [0.2, 0.25) is 0 Å². The average molecular weight is 263 g/mol. The molecule has 1 amide bonds. The van der Waals surface area contributed by atoms with Crippen molar-refractivity contribution in [1.29, 1.82) is 0 Å². The summed E-state index contributed by atoms with van der Waals surface area (Å²) in [5.41, 5.74) is 1.50. The number of benzene rings is 1. The molecule has 0 aromatic heterocycles.